The van der Waals surface area contributed by atoms with Gasteiger partial charge in [-0.3, -0.25) is 9.36 Å². The number of rotatable bonds is 5. The van der Waals surface area contributed by atoms with E-state index in [1.165, 1.54) is 49.9 Å². The lowest BCUT2D eigenvalue weighted by atomic mass is 10.1. The van der Waals surface area contributed by atoms with Crippen LogP contribution in [0.3, 0.4) is 0 Å². The van der Waals surface area contributed by atoms with E-state index in [4.69, 9.17) is 4.42 Å². The van der Waals surface area contributed by atoms with Gasteiger partial charge in [0.25, 0.3) is 0 Å². The molecule has 2 aromatic rings. The van der Waals surface area contributed by atoms with E-state index in [-0.39, 0.29) is 5.75 Å². The fraction of sp³-hybridized carbons (Fsp3) is 0.562. The molecule has 1 aliphatic heterocycles. The second-order valence-corrected chi connectivity index (χ2v) is 7.26. The molecule has 0 bridgehead atoms. The molecule has 1 saturated carbocycles. The maximum atomic E-state index is 11.5. The van der Waals surface area contributed by atoms with Crippen molar-refractivity contribution in [1.29, 1.82) is 0 Å². The molecular weight excluding hydrogens is 328 g/mol. The van der Waals surface area contributed by atoms with Gasteiger partial charge in [-0.15, -0.1) is 10.2 Å². The lowest BCUT2D eigenvalue weighted by Gasteiger charge is -2.27. The molecule has 2 aromatic heterocycles. The van der Waals surface area contributed by atoms with Crippen molar-refractivity contribution in [2.45, 2.75) is 49.1 Å². The van der Waals surface area contributed by atoms with Crippen LogP contribution in [-0.2, 0) is 5.75 Å². The van der Waals surface area contributed by atoms with Gasteiger partial charge in [-0.05, 0) is 32.1 Å². The van der Waals surface area contributed by atoms with Crippen LogP contribution in [0.4, 0.5) is 5.95 Å². The summed E-state index contributed by atoms with van der Waals surface area (Å²) < 4.78 is 7.51. The zero-order valence-electron chi connectivity index (χ0n) is 13.3. The van der Waals surface area contributed by atoms with Crippen molar-refractivity contribution in [2.75, 3.05) is 18.0 Å². The predicted molar refractivity (Wildman–Crippen MR) is 90.6 cm³/mol. The third-order valence-corrected chi connectivity index (χ3v) is 5.37. The third-order valence-electron chi connectivity index (χ3n) is 4.41. The average Bonchev–Trinajstić information content (AvgIpc) is 3.36. The van der Waals surface area contributed by atoms with Crippen molar-refractivity contribution < 1.29 is 9.52 Å². The summed E-state index contributed by atoms with van der Waals surface area (Å²) in [6, 6.07) is 1.82. The first-order valence-corrected chi connectivity index (χ1v) is 9.34. The van der Waals surface area contributed by atoms with Gasteiger partial charge in [0, 0.05) is 25.2 Å². The Morgan fingerprint density at radius 3 is 2.75 bits per heavy atom. The van der Waals surface area contributed by atoms with E-state index in [0.717, 1.165) is 30.5 Å². The first kappa shape index (κ1) is 15.6. The molecule has 2 aliphatic rings. The van der Waals surface area contributed by atoms with Crippen LogP contribution in [0.5, 0.6) is 5.75 Å². The predicted octanol–water partition coefficient (Wildman–Crippen LogP) is 2.55. The monoisotopic (exact) mass is 348 g/mol. The average molecular weight is 348 g/mol. The molecule has 1 saturated heterocycles. The molecule has 3 heterocycles. The minimum Gasteiger partial charge on any atom is -0.502 e. The van der Waals surface area contributed by atoms with Crippen LogP contribution in [0, 0.1) is 0 Å². The molecule has 2 fully saturated rings. The molecule has 1 aliphatic carbocycles. The summed E-state index contributed by atoms with van der Waals surface area (Å²) in [7, 11) is 0. The summed E-state index contributed by atoms with van der Waals surface area (Å²) in [5.74, 6) is 1.62. The molecule has 0 unspecified atom stereocenters. The topological polar surface area (TPSA) is 84.4 Å². The molecule has 8 heteroatoms. The van der Waals surface area contributed by atoms with E-state index in [2.05, 4.69) is 19.7 Å². The highest BCUT2D eigenvalue weighted by molar-refractivity contribution is 7.98. The Morgan fingerprint density at radius 2 is 2.04 bits per heavy atom. The van der Waals surface area contributed by atoms with Gasteiger partial charge >= 0.3 is 0 Å². The standard InChI is InChI=1S/C16H20N4O3S/c21-13-8-12(23-9-14(13)22)10-24-16-18-17-15(20(16)11-4-5-11)19-6-2-1-3-7-19/h8-9,11,22H,1-7,10H2. The second-order valence-electron chi connectivity index (χ2n) is 6.32. The minimum atomic E-state index is -0.422. The SMILES string of the molecule is O=c1cc(CSc2nnc(N3CCCCC3)n2C2CC2)occ1O. The number of hydrogen-bond acceptors (Lipinski definition) is 7. The Labute approximate surface area is 143 Å². The van der Waals surface area contributed by atoms with E-state index in [1.807, 2.05) is 0 Å². The summed E-state index contributed by atoms with van der Waals surface area (Å²) in [4.78, 5) is 13.8. The number of aromatic nitrogens is 3. The smallest absolute Gasteiger partial charge is 0.228 e. The van der Waals surface area contributed by atoms with Crippen molar-refractivity contribution in [2.24, 2.45) is 0 Å². The van der Waals surface area contributed by atoms with E-state index in [1.54, 1.807) is 0 Å². The second kappa shape index (κ2) is 6.51. The lowest BCUT2D eigenvalue weighted by molar-refractivity contribution is 0.419. The van der Waals surface area contributed by atoms with Crippen LogP contribution in [0.2, 0.25) is 0 Å². The number of aromatic hydroxyl groups is 1. The van der Waals surface area contributed by atoms with Gasteiger partial charge in [0.15, 0.2) is 10.9 Å². The van der Waals surface area contributed by atoms with Gasteiger partial charge in [0.2, 0.25) is 11.4 Å². The van der Waals surface area contributed by atoms with Crippen LogP contribution in [0.1, 0.15) is 43.9 Å². The van der Waals surface area contributed by atoms with Crippen LogP contribution in [0.25, 0.3) is 0 Å². The highest BCUT2D eigenvalue weighted by Gasteiger charge is 2.32. The molecule has 7 nitrogen and oxygen atoms in total. The molecule has 128 valence electrons. The lowest BCUT2D eigenvalue weighted by Crippen LogP contribution is -2.31. The van der Waals surface area contributed by atoms with Gasteiger partial charge in [-0.25, -0.2) is 0 Å². The first-order valence-electron chi connectivity index (χ1n) is 8.36. The summed E-state index contributed by atoms with van der Waals surface area (Å²) in [6.45, 7) is 2.09. The highest BCUT2D eigenvalue weighted by atomic mass is 32.2. The number of nitrogens with zero attached hydrogens (tertiary/aromatic N) is 4. The zero-order valence-corrected chi connectivity index (χ0v) is 14.2. The Morgan fingerprint density at radius 1 is 1.25 bits per heavy atom. The molecule has 0 spiro atoms. The summed E-state index contributed by atoms with van der Waals surface area (Å²) in [6.07, 6.45) is 7.12. The number of hydrogen-bond donors (Lipinski definition) is 1. The Kier molecular flexibility index (Phi) is 4.22. The number of anilines is 1. The first-order chi connectivity index (χ1) is 11.7. The summed E-state index contributed by atoms with van der Waals surface area (Å²) in [5.41, 5.74) is -0.422. The van der Waals surface area contributed by atoms with Gasteiger partial charge in [-0.2, -0.15) is 0 Å². The maximum Gasteiger partial charge on any atom is 0.228 e. The molecule has 0 aromatic carbocycles. The van der Waals surface area contributed by atoms with Crippen molar-refractivity contribution in [3.8, 4) is 5.75 Å². The van der Waals surface area contributed by atoms with Gasteiger partial charge < -0.3 is 14.4 Å². The third kappa shape index (κ3) is 3.15. The van der Waals surface area contributed by atoms with Crippen molar-refractivity contribution in [1.82, 2.24) is 14.8 Å². The van der Waals surface area contributed by atoms with E-state index in [9.17, 15) is 9.90 Å². The fourth-order valence-corrected chi connectivity index (χ4v) is 3.88. The number of piperidine rings is 1. The van der Waals surface area contributed by atoms with Gasteiger partial charge in [0.1, 0.15) is 12.0 Å². The molecule has 0 radical (unpaired) electrons. The van der Waals surface area contributed by atoms with Crippen LogP contribution >= 0.6 is 11.8 Å². The van der Waals surface area contributed by atoms with Gasteiger partial charge in [0.05, 0.1) is 5.75 Å². The minimum absolute atomic E-state index is 0.364. The normalized spacial score (nSPS) is 18.1. The van der Waals surface area contributed by atoms with Gasteiger partial charge in [-0.1, -0.05) is 11.8 Å². The Bertz CT molecular complexity index is 778. The molecular formula is C16H20N4O3S. The highest BCUT2D eigenvalue weighted by Crippen LogP contribution is 2.41. The van der Waals surface area contributed by atoms with E-state index >= 15 is 0 Å². The van der Waals surface area contributed by atoms with Crippen LogP contribution < -0.4 is 10.3 Å². The van der Waals surface area contributed by atoms with Crippen LogP contribution in [0.15, 0.2) is 26.7 Å². The molecule has 24 heavy (non-hydrogen) atoms. The van der Waals surface area contributed by atoms with Crippen molar-refractivity contribution in [3.63, 3.8) is 0 Å². The Balaban J connectivity index is 1.53. The largest absolute Gasteiger partial charge is 0.502 e. The fourth-order valence-electron chi connectivity index (χ4n) is 2.98. The number of thioether (sulfide) groups is 1. The van der Waals surface area contributed by atoms with E-state index < -0.39 is 5.43 Å². The molecule has 4 rings (SSSR count). The van der Waals surface area contributed by atoms with E-state index in [0.29, 0.717) is 17.6 Å². The molecule has 1 N–H and O–H groups in total. The van der Waals surface area contributed by atoms with Crippen LogP contribution in [-0.4, -0.2) is 33.0 Å². The Hall–Kier alpha value is -1.96. The summed E-state index contributed by atoms with van der Waals surface area (Å²) >= 11 is 1.52. The molecule has 0 atom stereocenters. The maximum absolute atomic E-state index is 11.5. The zero-order chi connectivity index (χ0) is 16.5. The van der Waals surface area contributed by atoms with Crippen molar-refractivity contribution in [3.05, 3.63) is 28.3 Å². The quantitative estimate of drug-likeness (QED) is 0.831. The van der Waals surface area contributed by atoms with Crippen molar-refractivity contribution >= 4 is 17.7 Å². The summed E-state index contributed by atoms with van der Waals surface area (Å²) in [5, 5.41) is 18.9. The molecule has 0 amide bonds.